The highest BCUT2D eigenvalue weighted by atomic mass is 31.2. The smallest absolute Gasteiger partial charge is 0.462 e. The number of unbranched alkanes of at least 4 members (excludes halogenated alkanes) is 15. The number of hydrogen-bond donors (Lipinski definition) is 2. The van der Waals surface area contributed by atoms with Gasteiger partial charge >= 0.3 is 19.8 Å². The molecule has 2 N–H and O–H groups in total. The Morgan fingerprint density at radius 3 is 1.82 bits per heavy atom. The number of carbonyl (C=O) groups is 2. The molecule has 0 aliphatic heterocycles. The number of aliphatic hydroxyl groups excluding tert-OH is 1. The lowest BCUT2D eigenvalue weighted by Crippen LogP contribution is -2.37. The van der Waals surface area contributed by atoms with Gasteiger partial charge in [-0.2, -0.15) is 0 Å². The van der Waals surface area contributed by atoms with Crippen molar-refractivity contribution in [2.75, 3.05) is 47.5 Å². The molecular weight excluding hydrogens is 717 g/mol. The summed E-state index contributed by atoms with van der Waals surface area (Å²) < 4.78 is 34.1. The van der Waals surface area contributed by atoms with Crippen LogP contribution in [0.1, 0.15) is 162 Å². The normalized spacial score (nSPS) is 14.7. The van der Waals surface area contributed by atoms with E-state index in [2.05, 4.69) is 38.2 Å². The Bertz CT molecular complexity index is 1100. The maximum Gasteiger partial charge on any atom is 0.472 e. The fourth-order valence-corrected chi connectivity index (χ4v) is 6.27. The van der Waals surface area contributed by atoms with Crippen LogP contribution in [0.4, 0.5) is 0 Å². The number of quaternary nitrogens is 1. The molecule has 0 aromatic heterocycles. The van der Waals surface area contributed by atoms with Gasteiger partial charge in [0.2, 0.25) is 0 Å². The molecule has 320 valence electrons. The van der Waals surface area contributed by atoms with E-state index < -0.39 is 38.6 Å². The average Bonchev–Trinajstić information content (AvgIpc) is 3.12. The third-order valence-electron chi connectivity index (χ3n) is 8.97. The first-order chi connectivity index (χ1) is 26.4. The van der Waals surface area contributed by atoms with E-state index in [1.807, 2.05) is 33.3 Å². The standard InChI is InChI=1S/C44H80NO9P/c1-6-8-10-12-14-16-18-20-22-24-26-28-30-33-41(46)34-32-36-44(48)54-42(40-53-55(49,50)52-38-37-45(3,4)5)39-51-43(47)35-31-29-27-25-23-21-19-17-15-13-11-9-7-2/h14,16,20,22,26,28,30,33,41-42,46H,6-13,15,17-19,21,23-25,27,29,31-32,34-40H2,1-5H3/p+1/b16-14-,22-20-,28-26-,33-30+/t41-,42-/m1/s1. The number of likely N-dealkylation sites (N-methyl/N-ethyl adjacent to an activating group) is 1. The van der Waals surface area contributed by atoms with Crippen molar-refractivity contribution in [1.82, 2.24) is 0 Å². The molecule has 3 atom stereocenters. The highest BCUT2D eigenvalue weighted by Crippen LogP contribution is 2.43. The van der Waals surface area contributed by atoms with Gasteiger partial charge in [0.25, 0.3) is 0 Å². The largest absolute Gasteiger partial charge is 0.472 e. The van der Waals surface area contributed by atoms with Crippen LogP contribution in [0, 0.1) is 0 Å². The summed E-state index contributed by atoms with van der Waals surface area (Å²) in [5.74, 6) is -1.00. The van der Waals surface area contributed by atoms with Crippen molar-refractivity contribution in [3.8, 4) is 0 Å². The second-order valence-electron chi connectivity index (χ2n) is 15.6. The van der Waals surface area contributed by atoms with Crippen molar-refractivity contribution >= 4 is 19.8 Å². The SMILES string of the molecule is CCCCC/C=C\C/C=C\C/C=C\C=C\[C@@H](O)CCCC(=O)O[C@H](COC(=O)CCCCCCCCCCCCCCC)COP(=O)(O)OCC[N+](C)(C)C. The fraction of sp³-hybridized carbons (Fsp3) is 0.773. The minimum atomic E-state index is -4.43. The Morgan fingerprint density at radius 2 is 1.20 bits per heavy atom. The molecule has 55 heavy (non-hydrogen) atoms. The van der Waals surface area contributed by atoms with Crippen LogP contribution in [0.3, 0.4) is 0 Å². The number of esters is 2. The molecule has 0 amide bonds. The number of nitrogens with zero attached hydrogens (tertiary/aromatic N) is 1. The Kier molecular flexibility index (Phi) is 34.9. The molecule has 0 saturated carbocycles. The van der Waals surface area contributed by atoms with E-state index in [-0.39, 0.29) is 26.1 Å². The summed E-state index contributed by atoms with van der Waals surface area (Å²) in [6.07, 6.45) is 37.6. The zero-order valence-corrected chi connectivity index (χ0v) is 36.4. The van der Waals surface area contributed by atoms with E-state index in [1.165, 1.54) is 77.0 Å². The molecule has 0 aliphatic rings. The molecule has 0 aromatic carbocycles. The number of hydrogen-bond acceptors (Lipinski definition) is 8. The van der Waals surface area contributed by atoms with Crippen LogP contribution >= 0.6 is 7.82 Å². The van der Waals surface area contributed by atoms with Gasteiger partial charge in [-0.05, 0) is 44.9 Å². The summed E-state index contributed by atoms with van der Waals surface area (Å²) in [7, 11) is 1.36. The third kappa shape index (κ3) is 39.9. The first kappa shape index (κ1) is 52.9. The predicted molar refractivity (Wildman–Crippen MR) is 226 cm³/mol. The van der Waals surface area contributed by atoms with Crippen LogP contribution in [0.2, 0.25) is 0 Å². The molecule has 0 spiro atoms. The molecule has 0 saturated heterocycles. The van der Waals surface area contributed by atoms with E-state index >= 15 is 0 Å². The summed E-state index contributed by atoms with van der Waals surface area (Å²) in [5.41, 5.74) is 0. The van der Waals surface area contributed by atoms with Gasteiger partial charge in [-0.1, -0.05) is 152 Å². The molecule has 0 aromatic rings. The Morgan fingerprint density at radius 1 is 0.655 bits per heavy atom. The van der Waals surface area contributed by atoms with Gasteiger partial charge in [0.1, 0.15) is 19.8 Å². The zero-order valence-electron chi connectivity index (χ0n) is 35.5. The summed E-state index contributed by atoms with van der Waals surface area (Å²) in [6, 6.07) is 0. The van der Waals surface area contributed by atoms with Gasteiger partial charge in [-0.3, -0.25) is 18.6 Å². The maximum atomic E-state index is 12.7. The van der Waals surface area contributed by atoms with E-state index in [0.29, 0.717) is 30.3 Å². The van der Waals surface area contributed by atoms with Gasteiger partial charge in [0, 0.05) is 12.8 Å². The fourth-order valence-electron chi connectivity index (χ4n) is 5.53. The van der Waals surface area contributed by atoms with Crippen molar-refractivity contribution in [2.24, 2.45) is 0 Å². The lowest BCUT2D eigenvalue weighted by atomic mass is 10.0. The van der Waals surface area contributed by atoms with Crippen LogP contribution in [-0.4, -0.2) is 86.1 Å². The monoisotopic (exact) mass is 799 g/mol. The van der Waals surface area contributed by atoms with Gasteiger partial charge < -0.3 is 24.0 Å². The first-order valence-electron chi connectivity index (χ1n) is 21.5. The number of carbonyl (C=O) groups excluding carboxylic acids is 2. The molecule has 0 aliphatic carbocycles. The number of rotatable bonds is 38. The average molecular weight is 799 g/mol. The van der Waals surface area contributed by atoms with Crippen molar-refractivity contribution < 1.29 is 47.2 Å². The van der Waals surface area contributed by atoms with Crippen molar-refractivity contribution in [1.29, 1.82) is 0 Å². The Hall–Kier alpha value is -2.07. The highest BCUT2D eigenvalue weighted by Gasteiger charge is 2.27. The molecular formula is C44H81NO9P+. The van der Waals surface area contributed by atoms with E-state index in [9.17, 15) is 24.2 Å². The predicted octanol–water partition coefficient (Wildman–Crippen LogP) is 10.9. The second kappa shape index (κ2) is 36.3. The van der Waals surface area contributed by atoms with Crippen LogP contribution in [-0.2, 0) is 32.7 Å². The van der Waals surface area contributed by atoms with Crippen LogP contribution in [0.25, 0.3) is 0 Å². The van der Waals surface area contributed by atoms with Gasteiger partial charge in [-0.15, -0.1) is 0 Å². The number of phosphoric ester groups is 1. The van der Waals surface area contributed by atoms with Crippen LogP contribution in [0.15, 0.2) is 48.6 Å². The van der Waals surface area contributed by atoms with Crippen LogP contribution < -0.4 is 0 Å². The topological polar surface area (TPSA) is 129 Å². The number of allylic oxidation sites excluding steroid dienone is 7. The Labute approximate surface area is 336 Å². The van der Waals surface area contributed by atoms with E-state index in [0.717, 1.165) is 38.5 Å². The lowest BCUT2D eigenvalue weighted by Gasteiger charge is -2.24. The zero-order chi connectivity index (χ0) is 40.9. The van der Waals surface area contributed by atoms with Crippen molar-refractivity contribution in [3.05, 3.63) is 48.6 Å². The van der Waals surface area contributed by atoms with Crippen molar-refractivity contribution in [3.63, 3.8) is 0 Å². The Balaban J connectivity index is 4.59. The quantitative estimate of drug-likeness (QED) is 0.0157. The summed E-state index contributed by atoms with van der Waals surface area (Å²) in [4.78, 5) is 35.3. The minimum Gasteiger partial charge on any atom is -0.462 e. The third-order valence-corrected chi connectivity index (χ3v) is 9.95. The highest BCUT2D eigenvalue weighted by molar-refractivity contribution is 7.47. The number of aliphatic hydroxyl groups is 1. The summed E-state index contributed by atoms with van der Waals surface area (Å²) >= 11 is 0. The molecule has 10 nitrogen and oxygen atoms in total. The molecule has 11 heteroatoms. The molecule has 0 rings (SSSR count). The molecule has 1 unspecified atom stereocenters. The molecule has 0 radical (unpaired) electrons. The van der Waals surface area contributed by atoms with E-state index in [4.69, 9.17) is 18.5 Å². The van der Waals surface area contributed by atoms with Gasteiger partial charge in [0.15, 0.2) is 6.10 Å². The maximum absolute atomic E-state index is 12.7. The minimum absolute atomic E-state index is 0.00339. The first-order valence-corrected chi connectivity index (χ1v) is 23.0. The van der Waals surface area contributed by atoms with E-state index in [1.54, 1.807) is 12.2 Å². The molecule has 0 bridgehead atoms. The summed E-state index contributed by atoms with van der Waals surface area (Å²) in [6.45, 7) is 4.16. The molecule has 0 fully saturated rings. The van der Waals surface area contributed by atoms with Gasteiger partial charge in [0.05, 0.1) is 33.9 Å². The van der Waals surface area contributed by atoms with Gasteiger partial charge in [-0.25, -0.2) is 4.57 Å². The second-order valence-corrected chi connectivity index (χ2v) is 17.0. The number of ether oxygens (including phenoxy) is 2. The lowest BCUT2D eigenvalue weighted by molar-refractivity contribution is -0.870. The summed E-state index contributed by atoms with van der Waals surface area (Å²) in [5, 5.41) is 10.3. The van der Waals surface area contributed by atoms with Crippen LogP contribution in [0.5, 0.6) is 0 Å². The van der Waals surface area contributed by atoms with Crippen molar-refractivity contribution in [2.45, 2.75) is 174 Å². The number of phosphoric acid groups is 1. The molecule has 0 heterocycles.